The third-order valence-corrected chi connectivity index (χ3v) is 6.40. The number of ether oxygens (including phenoxy) is 1. The molecule has 0 unspecified atom stereocenters. The van der Waals surface area contributed by atoms with Crippen LogP contribution in [0, 0.1) is 17.0 Å². The van der Waals surface area contributed by atoms with Crippen molar-refractivity contribution in [3.8, 4) is 11.6 Å². The highest BCUT2D eigenvalue weighted by atomic mass is 32.2. The first-order chi connectivity index (χ1) is 15.3. The zero-order valence-corrected chi connectivity index (χ0v) is 17.4. The predicted molar refractivity (Wildman–Crippen MR) is 111 cm³/mol. The number of nitrogens with zero attached hydrogens (tertiary/aromatic N) is 3. The van der Waals surface area contributed by atoms with Crippen LogP contribution in [0.2, 0.25) is 0 Å². The maximum atomic E-state index is 13.4. The standard InChI is InChI=1S/C21H15N3O7S/c1-14-19(32(28,29)17-11-9-16(10-12-17)24(26)27)20(31-21(25)18-8-5-13-30-18)23(22-14)15-6-3-2-4-7-15/h2-13H,1H3. The molecule has 0 amide bonds. The maximum Gasteiger partial charge on any atom is 0.380 e. The number of carbonyl (C=O) groups is 1. The Kier molecular flexibility index (Phi) is 5.33. The minimum atomic E-state index is -4.26. The molecule has 0 N–H and O–H groups in total. The average molecular weight is 453 g/mol. The van der Waals surface area contributed by atoms with Crippen molar-refractivity contribution < 1.29 is 27.3 Å². The van der Waals surface area contributed by atoms with Crippen LogP contribution in [-0.4, -0.2) is 29.1 Å². The fourth-order valence-electron chi connectivity index (χ4n) is 3.03. The van der Waals surface area contributed by atoms with Crippen LogP contribution >= 0.6 is 0 Å². The van der Waals surface area contributed by atoms with Crippen molar-refractivity contribution in [3.05, 3.63) is 94.6 Å². The SMILES string of the molecule is Cc1nn(-c2ccccc2)c(OC(=O)c2ccco2)c1S(=O)(=O)c1ccc([N+](=O)[O-])cc1. The van der Waals surface area contributed by atoms with Crippen LogP contribution in [0.5, 0.6) is 5.88 Å². The predicted octanol–water partition coefficient (Wildman–Crippen LogP) is 3.73. The molecule has 0 radical (unpaired) electrons. The van der Waals surface area contributed by atoms with Crippen LogP contribution < -0.4 is 4.74 Å². The second-order valence-electron chi connectivity index (χ2n) is 6.59. The lowest BCUT2D eigenvalue weighted by molar-refractivity contribution is -0.384. The van der Waals surface area contributed by atoms with E-state index < -0.39 is 20.7 Å². The summed E-state index contributed by atoms with van der Waals surface area (Å²) in [5, 5.41) is 15.2. The number of aromatic nitrogens is 2. The zero-order valence-electron chi connectivity index (χ0n) is 16.5. The number of non-ortho nitro benzene ring substituents is 1. The second kappa shape index (κ2) is 8.12. The molecule has 2 aromatic heterocycles. The van der Waals surface area contributed by atoms with Crippen molar-refractivity contribution >= 4 is 21.5 Å². The summed E-state index contributed by atoms with van der Waals surface area (Å²) in [6, 6.07) is 15.8. The monoisotopic (exact) mass is 453 g/mol. The summed E-state index contributed by atoms with van der Waals surface area (Å²) in [5.41, 5.74) is 0.280. The van der Waals surface area contributed by atoms with E-state index in [0.717, 1.165) is 24.3 Å². The first-order valence-corrected chi connectivity index (χ1v) is 10.7. The molecule has 2 heterocycles. The van der Waals surface area contributed by atoms with Gasteiger partial charge in [-0.1, -0.05) is 18.2 Å². The summed E-state index contributed by atoms with van der Waals surface area (Å²) in [4.78, 5) is 22.3. The summed E-state index contributed by atoms with van der Waals surface area (Å²) >= 11 is 0. The number of sulfone groups is 1. The molecular weight excluding hydrogens is 438 g/mol. The summed E-state index contributed by atoms with van der Waals surface area (Å²) in [7, 11) is -4.26. The van der Waals surface area contributed by atoms with Crippen molar-refractivity contribution in [1.29, 1.82) is 0 Å². The van der Waals surface area contributed by atoms with Crippen LogP contribution in [0.1, 0.15) is 16.2 Å². The largest absolute Gasteiger partial charge is 0.457 e. The maximum absolute atomic E-state index is 13.4. The van der Waals surface area contributed by atoms with E-state index in [0.29, 0.717) is 5.69 Å². The Morgan fingerprint density at radius 2 is 1.75 bits per heavy atom. The van der Waals surface area contributed by atoms with Crippen molar-refractivity contribution in [2.24, 2.45) is 0 Å². The molecule has 162 valence electrons. The first-order valence-electron chi connectivity index (χ1n) is 9.19. The first kappa shape index (κ1) is 21.0. The van der Waals surface area contributed by atoms with E-state index in [1.165, 1.54) is 30.0 Å². The number of nitro benzene ring substituents is 1. The lowest BCUT2D eigenvalue weighted by atomic mass is 10.3. The Morgan fingerprint density at radius 1 is 1.06 bits per heavy atom. The van der Waals surface area contributed by atoms with Crippen molar-refractivity contribution in [1.82, 2.24) is 9.78 Å². The number of esters is 1. The number of para-hydroxylation sites is 1. The van der Waals surface area contributed by atoms with Gasteiger partial charge in [0.05, 0.1) is 27.5 Å². The molecule has 0 spiro atoms. The topological polar surface area (TPSA) is 135 Å². The number of hydrogen-bond acceptors (Lipinski definition) is 8. The molecule has 32 heavy (non-hydrogen) atoms. The van der Waals surface area contributed by atoms with E-state index in [-0.39, 0.29) is 32.8 Å². The Bertz CT molecular complexity index is 1390. The van der Waals surface area contributed by atoms with Gasteiger partial charge in [0.25, 0.3) is 5.69 Å². The summed E-state index contributed by atoms with van der Waals surface area (Å²) in [6.45, 7) is 1.46. The third kappa shape index (κ3) is 3.76. The molecule has 0 saturated heterocycles. The molecule has 0 atom stereocenters. The smallest absolute Gasteiger partial charge is 0.380 e. The highest BCUT2D eigenvalue weighted by Gasteiger charge is 2.33. The number of carbonyl (C=O) groups excluding carboxylic acids is 1. The van der Waals surface area contributed by atoms with E-state index in [1.54, 1.807) is 30.3 Å². The molecule has 0 bridgehead atoms. The van der Waals surface area contributed by atoms with Crippen LogP contribution in [-0.2, 0) is 9.84 Å². The fourth-order valence-corrected chi connectivity index (χ4v) is 4.55. The van der Waals surface area contributed by atoms with Crippen molar-refractivity contribution in [2.45, 2.75) is 16.7 Å². The Morgan fingerprint density at radius 3 is 2.34 bits per heavy atom. The number of rotatable bonds is 6. The molecule has 2 aromatic carbocycles. The van der Waals surface area contributed by atoms with Gasteiger partial charge in [-0.25, -0.2) is 13.2 Å². The Labute approximate surface area is 181 Å². The van der Waals surface area contributed by atoms with E-state index in [4.69, 9.17) is 9.15 Å². The van der Waals surface area contributed by atoms with Crippen LogP contribution in [0.3, 0.4) is 0 Å². The molecule has 4 rings (SSSR count). The van der Waals surface area contributed by atoms with Crippen molar-refractivity contribution in [2.75, 3.05) is 0 Å². The Balaban J connectivity index is 1.88. The highest BCUT2D eigenvalue weighted by molar-refractivity contribution is 7.91. The number of furan rings is 1. The van der Waals surface area contributed by atoms with E-state index in [2.05, 4.69) is 5.10 Å². The van der Waals surface area contributed by atoms with Gasteiger partial charge in [-0.05, 0) is 43.3 Å². The molecule has 0 fully saturated rings. The van der Waals surface area contributed by atoms with Gasteiger partial charge in [0.2, 0.25) is 21.5 Å². The molecule has 11 heteroatoms. The van der Waals surface area contributed by atoms with Crippen molar-refractivity contribution in [3.63, 3.8) is 0 Å². The zero-order chi connectivity index (χ0) is 22.9. The molecular formula is C21H15N3O7S. The van der Waals surface area contributed by atoms with E-state index in [1.807, 2.05) is 0 Å². The number of benzene rings is 2. The van der Waals surface area contributed by atoms with Gasteiger partial charge in [-0.15, -0.1) is 0 Å². The third-order valence-electron chi connectivity index (χ3n) is 4.50. The number of aryl methyl sites for hydroxylation is 1. The lowest BCUT2D eigenvalue weighted by Crippen LogP contribution is -2.14. The summed E-state index contributed by atoms with van der Waals surface area (Å²) in [6.07, 6.45) is 1.28. The van der Waals surface area contributed by atoms with Gasteiger partial charge in [0.1, 0.15) is 0 Å². The summed E-state index contributed by atoms with van der Waals surface area (Å²) < 4.78 is 38.6. The molecule has 10 nitrogen and oxygen atoms in total. The average Bonchev–Trinajstić information content (AvgIpc) is 3.43. The Hall–Kier alpha value is -4.25. The quantitative estimate of drug-likeness (QED) is 0.245. The van der Waals surface area contributed by atoms with Gasteiger partial charge < -0.3 is 9.15 Å². The second-order valence-corrected chi connectivity index (χ2v) is 8.47. The van der Waals surface area contributed by atoms with Crippen LogP contribution in [0.25, 0.3) is 5.69 Å². The van der Waals surface area contributed by atoms with Crippen LogP contribution in [0.15, 0.2) is 87.2 Å². The lowest BCUT2D eigenvalue weighted by Gasteiger charge is -2.10. The van der Waals surface area contributed by atoms with Gasteiger partial charge in [0, 0.05) is 12.1 Å². The minimum Gasteiger partial charge on any atom is -0.457 e. The molecule has 4 aromatic rings. The minimum absolute atomic E-state index is 0.0782. The molecule has 0 aliphatic heterocycles. The van der Waals surface area contributed by atoms with Gasteiger partial charge in [0.15, 0.2) is 4.90 Å². The van der Waals surface area contributed by atoms with E-state index in [9.17, 15) is 23.3 Å². The number of hydrogen-bond donors (Lipinski definition) is 0. The normalized spacial score (nSPS) is 11.3. The fraction of sp³-hybridized carbons (Fsp3) is 0.0476. The van der Waals surface area contributed by atoms with Crippen LogP contribution in [0.4, 0.5) is 5.69 Å². The van der Waals surface area contributed by atoms with Gasteiger partial charge in [-0.3, -0.25) is 10.1 Å². The number of nitro groups is 1. The summed E-state index contributed by atoms with van der Waals surface area (Å²) in [5.74, 6) is -1.36. The van der Waals surface area contributed by atoms with Gasteiger partial charge in [-0.2, -0.15) is 9.78 Å². The highest BCUT2D eigenvalue weighted by Crippen LogP contribution is 2.35. The van der Waals surface area contributed by atoms with Gasteiger partial charge >= 0.3 is 5.97 Å². The van der Waals surface area contributed by atoms with E-state index >= 15 is 0 Å². The molecule has 0 saturated carbocycles. The molecule has 0 aliphatic carbocycles. The molecule has 0 aliphatic rings.